The molecule has 0 saturated carbocycles. The summed E-state index contributed by atoms with van der Waals surface area (Å²) in [6.07, 6.45) is 5.94. The van der Waals surface area contributed by atoms with Gasteiger partial charge in [0, 0.05) is 24.5 Å². The maximum atomic E-state index is 12.8. The Morgan fingerprint density at radius 1 is 1.45 bits per heavy atom. The fourth-order valence-corrected chi connectivity index (χ4v) is 2.61. The van der Waals surface area contributed by atoms with Crippen molar-refractivity contribution < 1.29 is 9.18 Å². The van der Waals surface area contributed by atoms with Crippen molar-refractivity contribution in [3.8, 4) is 0 Å². The molecule has 0 spiro atoms. The molecular formula is C14H15FN4O. The molecule has 2 aromatic heterocycles. The molecule has 6 heteroatoms. The molecule has 0 aliphatic heterocycles. The highest BCUT2D eigenvalue weighted by Crippen LogP contribution is 2.29. The Bertz CT molecular complexity index is 635. The van der Waals surface area contributed by atoms with Crippen molar-refractivity contribution in [2.45, 2.75) is 25.3 Å². The fraction of sp³-hybridized carbons (Fsp3) is 0.357. The molecule has 5 nitrogen and oxygen atoms in total. The van der Waals surface area contributed by atoms with Crippen LogP contribution in [0, 0.1) is 5.95 Å². The van der Waals surface area contributed by atoms with Crippen molar-refractivity contribution in [3.63, 3.8) is 0 Å². The van der Waals surface area contributed by atoms with E-state index >= 15 is 0 Å². The monoisotopic (exact) mass is 274 g/mol. The van der Waals surface area contributed by atoms with Crippen LogP contribution in [0.15, 0.2) is 24.5 Å². The maximum absolute atomic E-state index is 12.8. The molecule has 0 bridgehead atoms. The third kappa shape index (κ3) is 2.29. The lowest BCUT2D eigenvalue weighted by Crippen LogP contribution is -2.31. The summed E-state index contributed by atoms with van der Waals surface area (Å²) in [6, 6.07) is 2.58. The van der Waals surface area contributed by atoms with Crippen molar-refractivity contribution in [2.75, 3.05) is 0 Å². The van der Waals surface area contributed by atoms with Crippen molar-refractivity contribution in [2.24, 2.45) is 7.05 Å². The van der Waals surface area contributed by atoms with Gasteiger partial charge >= 0.3 is 0 Å². The lowest BCUT2D eigenvalue weighted by atomic mass is 9.93. The Morgan fingerprint density at radius 3 is 3.05 bits per heavy atom. The summed E-state index contributed by atoms with van der Waals surface area (Å²) in [6.45, 7) is 0. The van der Waals surface area contributed by atoms with E-state index in [1.165, 1.54) is 24.0 Å². The summed E-state index contributed by atoms with van der Waals surface area (Å²) in [5.74, 6) is -0.826. The first-order chi connectivity index (χ1) is 9.65. The number of pyridine rings is 1. The van der Waals surface area contributed by atoms with Crippen LogP contribution in [0.5, 0.6) is 0 Å². The van der Waals surface area contributed by atoms with E-state index in [4.69, 9.17) is 0 Å². The van der Waals surface area contributed by atoms with E-state index in [-0.39, 0.29) is 11.9 Å². The molecule has 1 atom stereocenters. The normalized spacial score (nSPS) is 17.6. The number of amides is 1. The topological polar surface area (TPSA) is 59.8 Å². The van der Waals surface area contributed by atoms with Gasteiger partial charge in [0.1, 0.15) is 0 Å². The maximum Gasteiger partial charge on any atom is 0.253 e. The van der Waals surface area contributed by atoms with E-state index in [9.17, 15) is 9.18 Å². The number of carbonyl (C=O) groups excluding carboxylic acids is 1. The molecule has 104 valence electrons. The van der Waals surface area contributed by atoms with Gasteiger partial charge in [0.05, 0.1) is 17.8 Å². The molecule has 0 fully saturated rings. The lowest BCUT2D eigenvalue weighted by molar-refractivity contribution is 0.0932. The van der Waals surface area contributed by atoms with Gasteiger partial charge in [-0.3, -0.25) is 9.48 Å². The van der Waals surface area contributed by atoms with Crippen LogP contribution < -0.4 is 5.32 Å². The van der Waals surface area contributed by atoms with Gasteiger partial charge in [0.25, 0.3) is 5.91 Å². The smallest absolute Gasteiger partial charge is 0.253 e. The van der Waals surface area contributed by atoms with E-state index < -0.39 is 5.95 Å². The van der Waals surface area contributed by atoms with Gasteiger partial charge in [-0.2, -0.15) is 9.49 Å². The molecule has 2 heterocycles. The highest BCUT2D eigenvalue weighted by atomic mass is 19.1. The number of aryl methyl sites for hydroxylation is 1. The second kappa shape index (κ2) is 5.03. The van der Waals surface area contributed by atoms with E-state index in [0.29, 0.717) is 5.56 Å². The Hall–Kier alpha value is -2.24. The van der Waals surface area contributed by atoms with Gasteiger partial charge in [-0.25, -0.2) is 4.98 Å². The highest BCUT2D eigenvalue weighted by molar-refractivity contribution is 5.94. The van der Waals surface area contributed by atoms with Crippen molar-refractivity contribution in [1.29, 1.82) is 0 Å². The minimum Gasteiger partial charge on any atom is -0.345 e. The molecule has 1 unspecified atom stereocenters. The zero-order valence-corrected chi connectivity index (χ0v) is 11.1. The summed E-state index contributed by atoms with van der Waals surface area (Å²) in [5, 5.41) is 7.21. The lowest BCUT2D eigenvalue weighted by Gasteiger charge is -2.23. The van der Waals surface area contributed by atoms with E-state index in [1.807, 2.05) is 17.9 Å². The third-order valence-electron chi connectivity index (χ3n) is 3.67. The molecule has 1 aliphatic rings. The molecular weight excluding hydrogens is 259 g/mol. The number of hydrogen-bond acceptors (Lipinski definition) is 3. The Labute approximate surface area is 115 Å². The SMILES string of the molecule is Cn1ncc2c1CCCC2NC(=O)c1ccc(F)nc1. The molecule has 20 heavy (non-hydrogen) atoms. The van der Waals surface area contributed by atoms with E-state index in [0.717, 1.165) is 24.8 Å². The van der Waals surface area contributed by atoms with Gasteiger partial charge in [-0.15, -0.1) is 0 Å². The van der Waals surface area contributed by atoms with Crippen LogP contribution in [0.2, 0.25) is 0 Å². The van der Waals surface area contributed by atoms with Crippen LogP contribution in [0.4, 0.5) is 4.39 Å². The number of hydrogen-bond donors (Lipinski definition) is 1. The summed E-state index contributed by atoms with van der Waals surface area (Å²) < 4.78 is 14.6. The Balaban J connectivity index is 1.78. The number of carbonyl (C=O) groups is 1. The van der Waals surface area contributed by atoms with Gasteiger partial charge in [0.15, 0.2) is 0 Å². The number of halogens is 1. The van der Waals surface area contributed by atoms with Crippen LogP contribution in [-0.2, 0) is 13.5 Å². The molecule has 1 N–H and O–H groups in total. The summed E-state index contributed by atoms with van der Waals surface area (Å²) in [7, 11) is 1.91. The summed E-state index contributed by atoms with van der Waals surface area (Å²) in [5.41, 5.74) is 2.60. The number of nitrogens with one attached hydrogen (secondary N) is 1. The largest absolute Gasteiger partial charge is 0.345 e. The second-order valence-electron chi connectivity index (χ2n) is 4.96. The van der Waals surface area contributed by atoms with E-state index in [2.05, 4.69) is 15.4 Å². The van der Waals surface area contributed by atoms with Crippen LogP contribution in [0.3, 0.4) is 0 Å². The van der Waals surface area contributed by atoms with Crippen LogP contribution in [-0.4, -0.2) is 20.7 Å². The van der Waals surface area contributed by atoms with Gasteiger partial charge in [-0.1, -0.05) is 0 Å². The average molecular weight is 274 g/mol. The number of nitrogens with zero attached hydrogens (tertiary/aromatic N) is 3. The number of aromatic nitrogens is 3. The predicted octanol–water partition coefficient (Wildman–Crippen LogP) is 1.76. The number of rotatable bonds is 2. The van der Waals surface area contributed by atoms with E-state index in [1.54, 1.807) is 0 Å². The average Bonchev–Trinajstić information content (AvgIpc) is 2.82. The van der Waals surface area contributed by atoms with Gasteiger partial charge in [0.2, 0.25) is 5.95 Å². The second-order valence-corrected chi connectivity index (χ2v) is 4.96. The summed E-state index contributed by atoms with van der Waals surface area (Å²) >= 11 is 0. The minimum absolute atomic E-state index is 0.0370. The summed E-state index contributed by atoms with van der Waals surface area (Å²) in [4.78, 5) is 15.6. The number of fused-ring (bicyclic) bond motifs is 1. The molecule has 0 aromatic carbocycles. The molecule has 0 radical (unpaired) electrons. The standard InChI is InChI=1S/C14H15FN4O/c1-19-12-4-2-3-11(10(12)8-17-19)18-14(20)9-5-6-13(15)16-7-9/h5-8,11H,2-4H2,1H3,(H,18,20). The molecule has 0 saturated heterocycles. The molecule has 3 rings (SSSR count). The zero-order chi connectivity index (χ0) is 14.1. The first kappa shape index (κ1) is 12.8. The highest BCUT2D eigenvalue weighted by Gasteiger charge is 2.25. The first-order valence-corrected chi connectivity index (χ1v) is 6.58. The zero-order valence-electron chi connectivity index (χ0n) is 11.1. The third-order valence-corrected chi connectivity index (χ3v) is 3.67. The minimum atomic E-state index is -0.589. The van der Waals surface area contributed by atoms with Crippen molar-refractivity contribution in [1.82, 2.24) is 20.1 Å². The molecule has 2 aromatic rings. The fourth-order valence-electron chi connectivity index (χ4n) is 2.61. The quantitative estimate of drug-likeness (QED) is 0.849. The van der Waals surface area contributed by atoms with Crippen LogP contribution in [0.25, 0.3) is 0 Å². The van der Waals surface area contributed by atoms with Gasteiger partial charge < -0.3 is 5.32 Å². The van der Waals surface area contributed by atoms with Crippen molar-refractivity contribution in [3.05, 3.63) is 47.3 Å². The predicted molar refractivity (Wildman–Crippen MR) is 70.5 cm³/mol. The van der Waals surface area contributed by atoms with Crippen LogP contribution >= 0.6 is 0 Å². The van der Waals surface area contributed by atoms with Crippen molar-refractivity contribution >= 4 is 5.91 Å². The molecule has 1 aliphatic carbocycles. The Kier molecular flexibility index (Phi) is 3.22. The van der Waals surface area contributed by atoms with Crippen LogP contribution in [0.1, 0.15) is 40.5 Å². The molecule has 1 amide bonds. The Morgan fingerprint density at radius 2 is 2.30 bits per heavy atom. The van der Waals surface area contributed by atoms with Gasteiger partial charge in [-0.05, 0) is 31.4 Å². The first-order valence-electron chi connectivity index (χ1n) is 6.58.